The van der Waals surface area contributed by atoms with Gasteiger partial charge in [-0.2, -0.15) is 0 Å². The molecule has 0 rings (SSSR count). The number of phosphoric acid groups is 1. The lowest BCUT2D eigenvalue weighted by molar-refractivity contribution is 0.173. The molecule has 0 radical (unpaired) electrons. The summed E-state index contributed by atoms with van der Waals surface area (Å²) < 4.78 is 19.6. The molecule has 1 N–H and O–H groups in total. The van der Waals surface area contributed by atoms with Crippen molar-refractivity contribution in [3.05, 3.63) is 12.8 Å². The molecule has 6 heteroatoms. The smallest absolute Gasteiger partial charge is 0.413 e. The molecule has 0 aliphatic heterocycles. The van der Waals surface area contributed by atoms with Crippen molar-refractivity contribution >= 4 is 7.82 Å². The fraction of sp³-hybridized carbons (Fsp3) is 0.667. The third-order valence-corrected chi connectivity index (χ3v) is 1.93. The maximum Gasteiger partial charge on any atom is 0.526 e. The summed E-state index contributed by atoms with van der Waals surface area (Å²) in [7, 11) is -0.227. The average molecular weight is 195 g/mol. The van der Waals surface area contributed by atoms with E-state index in [9.17, 15) is 4.57 Å². The Bertz CT molecular complexity index is 182. The Labute approximate surface area is 72.2 Å². The Balaban J connectivity index is 3.61. The first kappa shape index (κ1) is 11.6. The van der Waals surface area contributed by atoms with Crippen LogP contribution in [-0.2, 0) is 13.6 Å². The minimum atomic E-state index is -3.89. The first-order chi connectivity index (χ1) is 5.48. The third-order valence-electron chi connectivity index (χ3n) is 1.00. The van der Waals surface area contributed by atoms with Crippen molar-refractivity contribution in [2.45, 2.75) is 0 Å². The van der Waals surface area contributed by atoms with E-state index < -0.39 is 7.82 Å². The summed E-state index contributed by atoms with van der Waals surface area (Å²) in [4.78, 5) is 10.7. The second-order valence-corrected chi connectivity index (χ2v) is 3.78. The van der Waals surface area contributed by atoms with Gasteiger partial charge in [0.05, 0.1) is 12.9 Å². The van der Waals surface area contributed by atoms with Crippen LogP contribution in [0, 0.1) is 0 Å². The maximum atomic E-state index is 10.8. The predicted molar refractivity (Wildman–Crippen MR) is 45.6 cm³/mol. The average Bonchev–Trinajstić information content (AvgIpc) is 1.85. The van der Waals surface area contributed by atoms with Crippen LogP contribution in [-0.4, -0.2) is 37.0 Å². The van der Waals surface area contributed by atoms with Crippen molar-refractivity contribution < 1.29 is 18.5 Å². The van der Waals surface area contributed by atoms with Gasteiger partial charge in [0.25, 0.3) is 0 Å². The van der Waals surface area contributed by atoms with Gasteiger partial charge < -0.3 is 9.42 Å². The normalized spacial score (nSPS) is 15.7. The zero-order valence-corrected chi connectivity index (χ0v) is 8.16. The van der Waals surface area contributed by atoms with Crippen LogP contribution in [0.15, 0.2) is 12.8 Å². The highest BCUT2D eigenvalue weighted by atomic mass is 31.2. The Morgan fingerprint density at radius 1 is 1.67 bits per heavy atom. The largest absolute Gasteiger partial charge is 0.526 e. The number of hydrogen-bond acceptors (Lipinski definition) is 4. The van der Waals surface area contributed by atoms with Gasteiger partial charge in [0.1, 0.15) is 0 Å². The van der Waals surface area contributed by atoms with Gasteiger partial charge in [-0.3, -0.25) is 9.42 Å². The molecule has 12 heavy (non-hydrogen) atoms. The molecule has 0 spiro atoms. The fourth-order valence-electron chi connectivity index (χ4n) is 0.463. The Hall–Kier alpha value is -0.350. The van der Waals surface area contributed by atoms with Crippen molar-refractivity contribution in [3.8, 4) is 0 Å². The van der Waals surface area contributed by atoms with Crippen LogP contribution in [0.3, 0.4) is 0 Å². The number of nitrogens with zero attached hydrogens (tertiary/aromatic N) is 1. The minimum Gasteiger partial charge on any atom is -0.413 e. The summed E-state index contributed by atoms with van der Waals surface area (Å²) in [6.07, 6.45) is 0.885. The summed E-state index contributed by atoms with van der Waals surface area (Å²) in [6.45, 7) is 3.85. The van der Waals surface area contributed by atoms with Gasteiger partial charge in [-0.05, 0) is 14.1 Å². The first-order valence-electron chi connectivity index (χ1n) is 3.39. The van der Waals surface area contributed by atoms with Crippen LogP contribution in [0.4, 0.5) is 0 Å². The molecular formula is C6H14NO4P. The zero-order chi connectivity index (χ0) is 9.61. The van der Waals surface area contributed by atoms with Gasteiger partial charge in [-0.15, -0.1) is 0 Å². The molecule has 0 bridgehead atoms. The van der Waals surface area contributed by atoms with E-state index in [2.05, 4.69) is 15.6 Å². The van der Waals surface area contributed by atoms with E-state index in [-0.39, 0.29) is 6.61 Å². The minimum absolute atomic E-state index is 0.147. The number of rotatable bonds is 6. The summed E-state index contributed by atoms with van der Waals surface area (Å²) in [5.74, 6) is 0. The SMILES string of the molecule is C=COP(=O)(O)OCCN(C)C. The van der Waals surface area contributed by atoms with E-state index in [4.69, 9.17) is 4.89 Å². The summed E-state index contributed by atoms with van der Waals surface area (Å²) >= 11 is 0. The van der Waals surface area contributed by atoms with Crippen LogP contribution < -0.4 is 0 Å². The quantitative estimate of drug-likeness (QED) is 0.502. The van der Waals surface area contributed by atoms with Crippen LogP contribution in [0.2, 0.25) is 0 Å². The lowest BCUT2D eigenvalue weighted by atomic mass is 10.6. The molecule has 0 aromatic heterocycles. The molecule has 0 aliphatic carbocycles. The summed E-state index contributed by atoms with van der Waals surface area (Å²) in [5.41, 5.74) is 0. The van der Waals surface area contributed by atoms with Crippen molar-refractivity contribution in [1.82, 2.24) is 4.90 Å². The second kappa shape index (κ2) is 5.32. The number of hydrogen-bond donors (Lipinski definition) is 1. The van der Waals surface area contributed by atoms with E-state index >= 15 is 0 Å². The van der Waals surface area contributed by atoms with Gasteiger partial charge in [0.15, 0.2) is 0 Å². The van der Waals surface area contributed by atoms with E-state index in [1.54, 1.807) is 0 Å². The van der Waals surface area contributed by atoms with Crippen molar-refractivity contribution in [1.29, 1.82) is 0 Å². The molecule has 0 saturated heterocycles. The van der Waals surface area contributed by atoms with Crippen molar-refractivity contribution in [2.24, 2.45) is 0 Å². The van der Waals surface area contributed by atoms with Gasteiger partial charge in [0.2, 0.25) is 0 Å². The molecule has 0 aromatic rings. The molecule has 0 aromatic carbocycles. The predicted octanol–water partition coefficient (Wildman–Crippen LogP) is 0.825. The molecule has 72 valence electrons. The Morgan fingerprint density at radius 2 is 2.25 bits per heavy atom. The molecule has 0 fully saturated rings. The van der Waals surface area contributed by atoms with Crippen LogP contribution >= 0.6 is 7.82 Å². The molecule has 1 unspecified atom stereocenters. The molecule has 0 amide bonds. The first-order valence-corrected chi connectivity index (χ1v) is 4.89. The molecule has 0 saturated carbocycles. The molecular weight excluding hydrogens is 181 g/mol. The van der Waals surface area contributed by atoms with Gasteiger partial charge in [0, 0.05) is 6.54 Å². The Kier molecular flexibility index (Phi) is 5.17. The molecule has 5 nitrogen and oxygen atoms in total. The second-order valence-electron chi connectivity index (χ2n) is 2.38. The topological polar surface area (TPSA) is 59.0 Å². The highest BCUT2D eigenvalue weighted by molar-refractivity contribution is 7.47. The van der Waals surface area contributed by atoms with Crippen molar-refractivity contribution in [3.63, 3.8) is 0 Å². The van der Waals surface area contributed by atoms with Crippen LogP contribution in [0.1, 0.15) is 0 Å². The monoisotopic (exact) mass is 195 g/mol. The molecule has 1 atom stereocenters. The number of phosphoric ester groups is 1. The molecule has 0 heterocycles. The number of likely N-dealkylation sites (N-methyl/N-ethyl adjacent to an activating group) is 1. The van der Waals surface area contributed by atoms with Gasteiger partial charge in [-0.1, -0.05) is 6.58 Å². The van der Waals surface area contributed by atoms with Crippen molar-refractivity contribution in [2.75, 3.05) is 27.2 Å². The highest BCUT2D eigenvalue weighted by Gasteiger charge is 2.19. The summed E-state index contributed by atoms with van der Waals surface area (Å²) in [5, 5.41) is 0. The Morgan fingerprint density at radius 3 is 2.67 bits per heavy atom. The lowest BCUT2D eigenvalue weighted by Gasteiger charge is -2.12. The van der Waals surface area contributed by atoms with E-state index in [0.29, 0.717) is 6.54 Å². The highest BCUT2D eigenvalue weighted by Crippen LogP contribution is 2.42. The van der Waals surface area contributed by atoms with Crippen LogP contribution in [0.5, 0.6) is 0 Å². The van der Waals surface area contributed by atoms with Crippen LogP contribution in [0.25, 0.3) is 0 Å². The van der Waals surface area contributed by atoms with Gasteiger partial charge >= 0.3 is 7.82 Å². The standard InChI is InChI=1S/C6H14NO4P/c1-4-10-12(8,9)11-6-5-7(2)3/h4H,1,5-6H2,2-3H3,(H,8,9). The molecule has 0 aliphatic rings. The fourth-order valence-corrected chi connectivity index (χ4v) is 1.02. The third kappa shape index (κ3) is 6.37. The maximum absolute atomic E-state index is 10.8. The van der Waals surface area contributed by atoms with Gasteiger partial charge in [-0.25, -0.2) is 4.57 Å². The lowest BCUT2D eigenvalue weighted by Crippen LogP contribution is -2.17. The van der Waals surface area contributed by atoms with E-state index in [1.807, 2.05) is 19.0 Å². The summed E-state index contributed by atoms with van der Waals surface area (Å²) in [6, 6.07) is 0. The zero-order valence-electron chi connectivity index (χ0n) is 7.27. The van der Waals surface area contributed by atoms with E-state index in [1.165, 1.54) is 0 Å². The van der Waals surface area contributed by atoms with E-state index in [0.717, 1.165) is 6.26 Å².